The molecule has 2 aliphatic carbocycles. The van der Waals surface area contributed by atoms with Crippen LogP contribution >= 0.6 is 0 Å². The van der Waals surface area contributed by atoms with Gasteiger partial charge >= 0.3 is 0 Å². The van der Waals surface area contributed by atoms with E-state index >= 15 is 0 Å². The summed E-state index contributed by atoms with van der Waals surface area (Å²) in [6, 6.07) is 0. The summed E-state index contributed by atoms with van der Waals surface area (Å²) in [7, 11) is 0. The zero-order chi connectivity index (χ0) is 13.7. The van der Waals surface area contributed by atoms with E-state index in [1.54, 1.807) is 0 Å². The molecule has 0 amide bonds. The third-order valence-corrected chi connectivity index (χ3v) is 5.05. The van der Waals surface area contributed by atoms with E-state index < -0.39 is 0 Å². The lowest BCUT2D eigenvalue weighted by Gasteiger charge is -2.27. The van der Waals surface area contributed by atoms with Crippen LogP contribution < -0.4 is 0 Å². The van der Waals surface area contributed by atoms with Crippen LogP contribution in [0.25, 0.3) is 0 Å². The number of aliphatic hydroxyl groups is 2. The SMILES string of the molecule is CC1CCC2OC2C1.OCC(CO)C1CCCCC1. The highest BCUT2D eigenvalue weighted by Crippen LogP contribution is 2.38. The Morgan fingerprint density at radius 2 is 1.63 bits per heavy atom. The minimum atomic E-state index is 0.148. The van der Waals surface area contributed by atoms with E-state index in [1.807, 2.05) is 0 Å². The summed E-state index contributed by atoms with van der Waals surface area (Å²) in [5, 5.41) is 17.8. The molecule has 1 aliphatic heterocycles. The molecule has 0 aromatic rings. The van der Waals surface area contributed by atoms with Crippen LogP contribution in [-0.4, -0.2) is 35.6 Å². The Hall–Kier alpha value is -0.120. The maximum atomic E-state index is 8.92. The lowest BCUT2D eigenvalue weighted by Crippen LogP contribution is -2.24. The number of hydrogen-bond acceptors (Lipinski definition) is 3. The van der Waals surface area contributed by atoms with Crippen molar-refractivity contribution in [1.29, 1.82) is 0 Å². The van der Waals surface area contributed by atoms with Gasteiger partial charge in [-0.3, -0.25) is 0 Å². The molecule has 3 fully saturated rings. The van der Waals surface area contributed by atoms with Crippen molar-refractivity contribution in [2.75, 3.05) is 13.2 Å². The lowest BCUT2D eigenvalue weighted by molar-refractivity contribution is 0.0885. The maximum Gasteiger partial charge on any atom is 0.0844 e. The second-order valence-corrected chi connectivity index (χ2v) is 6.65. The Kier molecular flexibility index (Phi) is 6.11. The summed E-state index contributed by atoms with van der Waals surface area (Å²) in [5.74, 6) is 1.66. The van der Waals surface area contributed by atoms with Crippen LogP contribution in [-0.2, 0) is 4.74 Å². The normalized spacial score (nSPS) is 34.4. The third-order valence-electron chi connectivity index (χ3n) is 5.05. The van der Waals surface area contributed by atoms with Gasteiger partial charge in [0, 0.05) is 19.1 Å². The molecule has 0 spiro atoms. The molecule has 3 nitrogen and oxygen atoms in total. The molecular weight excluding hydrogens is 240 g/mol. The highest BCUT2D eigenvalue weighted by Gasteiger charge is 2.42. The zero-order valence-corrected chi connectivity index (χ0v) is 12.3. The molecular formula is C16H30O3. The van der Waals surface area contributed by atoms with Crippen LogP contribution in [0, 0.1) is 17.8 Å². The van der Waals surface area contributed by atoms with E-state index in [-0.39, 0.29) is 19.1 Å². The summed E-state index contributed by atoms with van der Waals surface area (Å²) in [4.78, 5) is 0. The molecule has 2 N–H and O–H groups in total. The van der Waals surface area contributed by atoms with Crippen LogP contribution in [0.1, 0.15) is 58.3 Å². The molecule has 0 bridgehead atoms. The first-order chi connectivity index (χ1) is 9.24. The number of epoxide rings is 1. The number of rotatable bonds is 3. The van der Waals surface area contributed by atoms with Gasteiger partial charge in [-0.1, -0.05) is 39.0 Å². The Bertz CT molecular complexity index is 246. The monoisotopic (exact) mass is 270 g/mol. The van der Waals surface area contributed by atoms with Crippen molar-refractivity contribution in [2.24, 2.45) is 17.8 Å². The molecule has 2 saturated carbocycles. The lowest BCUT2D eigenvalue weighted by atomic mass is 9.81. The van der Waals surface area contributed by atoms with Gasteiger partial charge in [-0.25, -0.2) is 0 Å². The maximum absolute atomic E-state index is 8.92. The van der Waals surface area contributed by atoms with Gasteiger partial charge in [0.25, 0.3) is 0 Å². The van der Waals surface area contributed by atoms with Crippen molar-refractivity contribution >= 4 is 0 Å². The van der Waals surface area contributed by atoms with E-state index in [9.17, 15) is 0 Å². The van der Waals surface area contributed by atoms with Gasteiger partial charge < -0.3 is 14.9 Å². The predicted octanol–water partition coefficient (Wildman–Crippen LogP) is 2.74. The number of ether oxygens (including phenoxy) is 1. The molecule has 3 heteroatoms. The van der Waals surface area contributed by atoms with E-state index in [2.05, 4.69) is 6.92 Å². The fourth-order valence-corrected chi connectivity index (χ4v) is 3.57. The van der Waals surface area contributed by atoms with Crippen LogP contribution in [0.15, 0.2) is 0 Å². The van der Waals surface area contributed by atoms with Crippen molar-refractivity contribution in [1.82, 2.24) is 0 Å². The minimum Gasteiger partial charge on any atom is -0.396 e. The fraction of sp³-hybridized carbons (Fsp3) is 1.00. The standard InChI is InChI=1S/C9H18O2.C7H12O/c10-6-9(7-11)8-4-2-1-3-5-8;1-5-2-3-6-7(4-5)8-6/h8-11H,1-7H2;5-7H,2-4H2,1H3. The number of aliphatic hydroxyl groups excluding tert-OH is 2. The fourth-order valence-electron chi connectivity index (χ4n) is 3.57. The van der Waals surface area contributed by atoms with Crippen LogP contribution in [0.4, 0.5) is 0 Å². The van der Waals surface area contributed by atoms with E-state index in [0.29, 0.717) is 18.1 Å². The molecule has 0 radical (unpaired) electrons. The predicted molar refractivity (Wildman–Crippen MR) is 75.9 cm³/mol. The molecule has 112 valence electrons. The summed E-state index contributed by atoms with van der Waals surface area (Å²) in [6.07, 6.45) is 11.7. The van der Waals surface area contributed by atoms with Gasteiger partial charge in [-0.05, 0) is 31.1 Å². The van der Waals surface area contributed by atoms with Crippen molar-refractivity contribution in [3.63, 3.8) is 0 Å². The van der Waals surface area contributed by atoms with E-state index in [4.69, 9.17) is 14.9 Å². The van der Waals surface area contributed by atoms with Gasteiger partial charge in [0.05, 0.1) is 12.2 Å². The summed E-state index contributed by atoms with van der Waals surface area (Å²) in [5.41, 5.74) is 0. The molecule has 0 aromatic carbocycles. The molecule has 0 aromatic heterocycles. The van der Waals surface area contributed by atoms with Gasteiger partial charge in [0.1, 0.15) is 0 Å². The van der Waals surface area contributed by atoms with Crippen LogP contribution in [0.2, 0.25) is 0 Å². The number of hydrogen-bond donors (Lipinski definition) is 2. The van der Waals surface area contributed by atoms with Gasteiger partial charge in [-0.2, -0.15) is 0 Å². The molecule has 3 unspecified atom stereocenters. The molecule has 1 heterocycles. The molecule has 1 saturated heterocycles. The first-order valence-corrected chi connectivity index (χ1v) is 8.11. The van der Waals surface area contributed by atoms with E-state index in [1.165, 1.54) is 51.4 Å². The minimum absolute atomic E-state index is 0.148. The van der Waals surface area contributed by atoms with Gasteiger partial charge in [0.2, 0.25) is 0 Å². The second-order valence-electron chi connectivity index (χ2n) is 6.65. The third kappa shape index (κ3) is 4.73. The van der Waals surface area contributed by atoms with Crippen molar-refractivity contribution < 1.29 is 14.9 Å². The first kappa shape index (κ1) is 15.3. The zero-order valence-electron chi connectivity index (χ0n) is 12.3. The Balaban J connectivity index is 0.000000146. The largest absolute Gasteiger partial charge is 0.396 e. The van der Waals surface area contributed by atoms with Crippen molar-refractivity contribution in [2.45, 2.75) is 70.5 Å². The number of fused-ring (bicyclic) bond motifs is 1. The van der Waals surface area contributed by atoms with Crippen LogP contribution in [0.5, 0.6) is 0 Å². The summed E-state index contributed by atoms with van der Waals surface area (Å²) >= 11 is 0. The van der Waals surface area contributed by atoms with Crippen molar-refractivity contribution in [3.8, 4) is 0 Å². The molecule has 3 atom stereocenters. The first-order valence-electron chi connectivity index (χ1n) is 8.11. The smallest absolute Gasteiger partial charge is 0.0844 e. The van der Waals surface area contributed by atoms with E-state index in [0.717, 1.165) is 5.92 Å². The van der Waals surface area contributed by atoms with Crippen molar-refractivity contribution in [3.05, 3.63) is 0 Å². The highest BCUT2D eigenvalue weighted by molar-refractivity contribution is 4.90. The quantitative estimate of drug-likeness (QED) is 0.775. The van der Waals surface area contributed by atoms with Gasteiger partial charge in [0.15, 0.2) is 0 Å². The Morgan fingerprint density at radius 1 is 0.947 bits per heavy atom. The Labute approximate surface area is 117 Å². The summed E-state index contributed by atoms with van der Waals surface area (Å²) < 4.78 is 5.35. The molecule has 3 aliphatic rings. The molecule has 3 rings (SSSR count). The average Bonchev–Trinajstić information content (AvgIpc) is 3.20. The molecule has 19 heavy (non-hydrogen) atoms. The summed E-state index contributed by atoms with van der Waals surface area (Å²) in [6.45, 7) is 2.63. The van der Waals surface area contributed by atoms with Gasteiger partial charge in [-0.15, -0.1) is 0 Å². The topological polar surface area (TPSA) is 53.0 Å². The van der Waals surface area contributed by atoms with Crippen LogP contribution in [0.3, 0.4) is 0 Å². The average molecular weight is 270 g/mol. The Morgan fingerprint density at radius 3 is 2.16 bits per heavy atom. The highest BCUT2D eigenvalue weighted by atomic mass is 16.6. The second kappa shape index (κ2) is 7.61.